The molecule has 0 aromatic heterocycles. The van der Waals surface area contributed by atoms with Gasteiger partial charge in [0.15, 0.2) is 0 Å². The predicted octanol–water partition coefficient (Wildman–Crippen LogP) is 0.851. The second-order valence-corrected chi connectivity index (χ2v) is 3.92. The Labute approximate surface area is 126 Å². The van der Waals surface area contributed by atoms with E-state index in [4.69, 9.17) is 20.5 Å². The average molecular weight is 302 g/mol. The van der Waals surface area contributed by atoms with E-state index in [2.05, 4.69) is 9.58 Å². The van der Waals surface area contributed by atoms with Crippen molar-refractivity contribution in [2.24, 2.45) is 0 Å². The maximum absolute atomic E-state index is 11.6. The van der Waals surface area contributed by atoms with E-state index >= 15 is 0 Å². The predicted molar refractivity (Wildman–Crippen MR) is 75.2 cm³/mol. The Bertz CT molecular complexity index is 610. The van der Waals surface area contributed by atoms with E-state index in [1.807, 2.05) is 0 Å². The summed E-state index contributed by atoms with van der Waals surface area (Å²) in [5.74, 6) is -1.56. The first-order valence-electron chi connectivity index (χ1n) is 6.48. The van der Waals surface area contributed by atoms with Crippen LogP contribution in [0.3, 0.4) is 0 Å². The van der Waals surface area contributed by atoms with E-state index in [-0.39, 0.29) is 35.8 Å². The standard InChI is InChI=1S/C14H14N4O4/c1-3-21-13(19)11(17-15)9-5-7-10(8-6-9)12(18-16)14(20)22-4-2/h5-8H,3-4H2,1-2H3. The summed E-state index contributed by atoms with van der Waals surface area (Å²) in [5, 5.41) is 0. The van der Waals surface area contributed by atoms with Crippen LogP contribution in [0.1, 0.15) is 25.0 Å². The molecule has 0 unspecified atom stereocenters. The molecule has 0 heterocycles. The molecule has 1 aromatic carbocycles. The number of hydrogen-bond donors (Lipinski definition) is 0. The minimum Gasteiger partial charge on any atom is -0.457 e. The second kappa shape index (κ2) is 8.26. The van der Waals surface area contributed by atoms with Crippen molar-refractivity contribution in [2.75, 3.05) is 13.2 Å². The summed E-state index contributed by atoms with van der Waals surface area (Å²) >= 11 is 0. The summed E-state index contributed by atoms with van der Waals surface area (Å²) in [5.41, 5.74) is 17.8. The Morgan fingerprint density at radius 2 is 1.18 bits per heavy atom. The van der Waals surface area contributed by atoms with Crippen molar-refractivity contribution in [1.29, 1.82) is 0 Å². The molecule has 0 saturated carbocycles. The maximum Gasteiger partial charge on any atom is 0.422 e. The van der Waals surface area contributed by atoms with E-state index < -0.39 is 11.9 Å². The van der Waals surface area contributed by atoms with E-state index in [1.165, 1.54) is 24.3 Å². The molecule has 0 aliphatic rings. The first-order valence-corrected chi connectivity index (χ1v) is 6.48. The topological polar surface area (TPSA) is 125 Å². The Balaban J connectivity index is 3.09. The molecular weight excluding hydrogens is 288 g/mol. The number of ether oxygens (including phenoxy) is 2. The van der Waals surface area contributed by atoms with Crippen LogP contribution in [0, 0.1) is 0 Å². The highest BCUT2D eigenvalue weighted by molar-refractivity contribution is 6.42. The minimum absolute atomic E-state index is 0.139. The lowest BCUT2D eigenvalue weighted by atomic mass is 10.0. The lowest BCUT2D eigenvalue weighted by Crippen LogP contribution is -2.21. The normalized spacial score (nSPS) is 9.18. The van der Waals surface area contributed by atoms with Gasteiger partial charge in [-0.3, -0.25) is 0 Å². The maximum atomic E-state index is 11.6. The van der Waals surface area contributed by atoms with Gasteiger partial charge in [0.25, 0.3) is 0 Å². The first kappa shape index (κ1) is 17.0. The Morgan fingerprint density at radius 3 is 1.41 bits per heavy atom. The molecule has 0 fully saturated rings. The number of carbonyl (C=O) groups is 2. The molecule has 0 aliphatic heterocycles. The third kappa shape index (κ3) is 3.96. The van der Waals surface area contributed by atoms with Gasteiger partial charge in [-0.15, -0.1) is 0 Å². The van der Waals surface area contributed by atoms with Crippen LogP contribution < -0.4 is 0 Å². The fourth-order valence-corrected chi connectivity index (χ4v) is 1.62. The quantitative estimate of drug-likeness (QED) is 0.334. The molecule has 0 N–H and O–H groups in total. The van der Waals surface area contributed by atoms with Gasteiger partial charge in [-0.2, -0.15) is 9.58 Å². The third-order valence-electron chi connectivity index (χ3n) is 2.57. The van der Waals surface area contributed by atoms with Gasteiger partial charge in [-0.05, 0) is 38.1 Å². The fourth-order valence-electron chi connectivity index (χ4n) is 1.62. The van der Waals surface area contributed by atoms with Gasteiger partial charge in [0.1, 0.15) is 0 Å². The summed E-state index contributed by atoms with van der Waals surface area (Å²) in [7, 11) is 0. The summed E-state index contributed by atoms with van der Waals surface area (Å²) in [4.78, 5) is 29.0. The van der Waals surface area contributed by atoms with Crippen LogP contribution in [0.4, 0.5) is 0 Å². The van der Waals surface area contributed by atoms with Crippen LogP contribution in [0.25, 0.3) is 11.1 Å². The molecule has 0 amide bonds. The number of nitrogens with zero attached hydrogens (tertiary/aromatic N) is 4. The monoisotopic (exact) mass is 302 g/mol. The zero-order chi connectivity index (χ0) is 16.5. The molecule has 8 nitrogen and oxygen atoms in total. The summed E-state index contributed by atoms with van der Waals surface area (Å²) in [6, 6.07) is 5.69. The van der Waals surface area contributed by atoms with Gasteiger partial charge < -0.3 is 20.5 Å². The molecule has 8 heteroatoms. The van der Waals surface area contributed by atoms with Gasteiger partial charge in [0.2, 0.25) is 0 Å². The lowest BCUT2D eigenvalue weighted by Gasteiger charge is -2.00. The highest BCUT2D eigenvalue weighted by atomic mass is 16.5. The van der Waals surface area contributed by atoms with Crippen LogP contribution in [0.5, 0.6) is 0 Å². The lowest BCUT2D eigenvalue weighted by molar-refractivity contribution is -0.140. The molecule has 1 rings (SSSR count). The Kier molecular flexibility index (Phi) is 6.37. The molecule has 0 atom stereocenters. The Hall–Kier alpha value is -3.08. The van der Waals surface area contributed by atoms with Crippen molar-refractivity contribution in [3.63, 3.8) is 0 Å². The van der Waals surface area contributed by atoms with Gasteiger partial charge >= 0.3 is 23.4 Å². The smallest absolute Gasteiger partial charge is 0.422 e. The third-order valence-corrected chi connectivity index (χ3v) is 2.57. The molecule has 22 heavy (non-hydrogen) atoms. The Morgan fingerprint density at radius 1 is 0.864 bits per heavy atom. The van der Waals surface area contributed by atoms with Crippen molar-refractivity contribution in [3.8, 4) is 0 Å². The zero-order valence-corrected chi connectivity index (χ0v) is 12.1. The number of esters is 2. The summed E-state index contributed by atoms with van der Waals surface area (Å²) in [6.45, 7) is 3.53. The van der Waals surface area contributed by atoms with Crippen molar-refractivity contribution in [1.82, 2.24) is 0 Å². The molecule has 0 spiro atoms. The van der Waals surface area contributed by atoms with Gasteiger partial charge in [0.05, 0.1) is 24.3 Å². The highest BCUT2D eigenvalue weighted by Crippen LogP contribution is 2.07. The van der Waals surface area contributed by atoms with Crippen molar-refractivity contribution >= 4 is 23.4 Å². The van der Waals surface area contributed by atoms with Gasteiger partial charge in [-0.25, -0.2) is 9.59 Å². The first-order chi connectivity index (χ1) is 10.6. The summed E-state index contributed by atoms with van der Waals surface area (Å²) in [6.07, 6.45) is 0. The molecule has 0 bridgehead atoms. The molecule has 0 aliphatic carbocycles. The van der Waals surface area contributed by atoms with Crippen molar-refractivity contribution in [3.05, 3.63) is 46.5 Å². The number of carbonyl (C=O) groups excluding carboxylic acids is 2. The minimum atomic E-state index is -0.779. The molecule has 0 saturated heterocycles. The van der Waals surface area contributed by atoms with Crippen LogP contribution >= 0.6 is 0 Å². The molecular formula is C14H14N4O4. The molecule has 114 valence electrons. The molecule has 1 aromatic rings. The van der Waals surface area contributed by atoms with Crippen LogP contribution in [-0.4, -0.2) is 46.2 Å². The van der Waals surface area contributed by atoms with E-state index in [9.17, 15) is 9.59 Å². The number of hydrogen-bond acceptors (Lipinski definition) is 4. The van der Waals surface area contributed by atoms with Gasteiger partial charge in [-0.1, -0.05) is 0 Å². The largest absolute Gasteiger partial charge is 0.457 e. The zero-order valence-electron chi connectivity index (χ0n) is 12.1. The molecule has 0 radical (unpaired) electrons. The van der Waals surface area contributed by atoms with E-state index in [0.29, 0.717) is 0 Å². The van der Waals surface area contributed by atoms with Crippen LogP contribution in [0.15, 0.2) is 24.3 Å². The van der Waals surface area contributed by atoms with Crippen LogP contribution in [-0.2, 0) is 19.1 Å². The van der Waals surface area contributed by atoms with E-state index in [0.717, 1.165) is 0 Å². The fraction of sp³-hybridized carbons (Fsp3) is 0.286. The van der Waals surface area contributed by atoms with Crippen molar-refractivity contribution in [2.45, 2.75) is 13.8 Å². The van der Waals surface area contributed by atoms with E-state index in [1.54, 1.807) is 13.8 Å². The highest BCUT2D eigenvalue weighted by Gasteiger charge is 2.27. The second-order valence-electron chi connectivity index (χ2n) is 3.92. The van der Waals surface area contributed by atoms with Gasteiger partial charge in [0, 0.05) is 0 Å². The number of rotatable bonds is 6. The number of benzene rings is 1. The van der Waals surface area contributed by atoms with Crippen molar-refractivity contribution < 1.29 is 28.6 Å². The average Bonchev–Trinajstić information content (AvgIpc) is 2.51. The SMILES string of the molecule is CCOC(=O)C(=[N+]=[N-])c1ccc(C(=[N+]=[N-])C(=O)OCC)cc1. The summed E-state index contributed by atoms with van der Waals surface area (Å²) < 4.78 is 9.50. The van der Waals surface area contributed by atoms with Crippen LogP contribution in [0.2, 0.25) is 0 Å².